The zero-order valence-electron chi connectivity index (χ0n) is 18.1. The smallest absolute Gasteiger partial charge is 0.251 e. The third-order valence-electron chi connectivity index (χ3n) is 4.74. The second-order valence-electron chi connectivity index (χ2n) is 7.47. The van der Waals surface area contributed by atoms with E-state index in [1.807, 2.05) is 54.6 Å². The number of pyridine rings is 1. The van der Waals surface area contributed by atoms with Crippen molar-refractivity contribution >= 4 is 28.7 Å². The van der Waals surface area contributed by atoms with Crippen LogP contribution in [0.25, 0.3) is 11.3 Å². The molecule has 2 N–H and O–H groups in total. The molecule has 0 aliphatic heterocycles. The highest BCUT2D eigenvalue weighted by Crippen LogP contribution is 2.40. The summed E-state index contributed by atoms with van der Waals surface area (Å²) in [5, 5.41) is 7.65. The van der Waals surface area contributed by atoms with E-state index in [0.717, 1.165) is 27.0 Å². The van der Waals surface area contributed by atoms with Gasteiger partial charge in [0.15, 0.2) is 0 Å². The lowest BCUT2D eigenvalue weighted by Gasteiger charge is -2.09. The maximum absolute atomic E-state index is 11.7. The van der Waals surface area contributed by atoms with Gasteiger partial charge in [0, 0.05) is 42.0 Å². The van der Waals surface area contributed by atoms with Crippen molar-refractivity contribution in [1.82, 2.24) is 15.3 Å². The second kappa shape index (κ2) is 9.62. The molecule has 0 fully saturated rings. The van der Waals surface area contributed by atoms with Crippen LogP contribution in [0.15, 0.2) is 72.9 Å². The molecule has 0 unspecified atom stereocenters. The average molecular weight is 445 g/mol. The minimum absolute atomic E-state index is 0.121. The fourth-order valence-corrected chi connectivity index (χ4v) is 4.02. The predicted molar refractivity (Wildman–Crippen MR) is 129 cm³/mol. The molecule has 1 amide bonds. The fourth-order valence-electron chi connectivity index (χ4n) is 3.06. The number of thiazole rings is 1. The Morgan fingerprint density at radius 3 is 2.47 bits per heavy atom. The van der Waals surface area contributed by atoms with E-state index in [0.29, 0.717) is 23.0 Å². The zero-order chi connectivity index (χ0) is 22.5. The molecule has 0 radical (unpaired) electrons. The molecule has 0 saturated carbocycles. The maximum atomic E-state index is 11.7. The number of carbonyl (C=O) groups excluding carboxylic acids is 1. The number of aromatic nitrogens is 2. The molecule has 0 atom stereocenters. The van der Waals surface area contributed by atoms with E-state index in [2.05, 4.69) is 29.5 Å². The van der Waals surface area contributed by atoms with E-state index in [9.17, 15) is 4.79 Å². The van der Waals surface area contributed by atoms with Crippen molar-refractivity contribution in [2.75, 3.05) is 12.4 Å². The molecule has 7 heteroatoms. The number of ether oxygens (including phenoxy) is 1. The number of anilines is 2. The number of hydrogen-bond donors (Lipinski definition) is 2. The number of amides is 1. The molecule has 2 heterocycles. The van der Waals surface area contributed by atoms with Crippen LogP contribution >= 0.6 is 11.3 Å². The van der Waals surface area contributed by atoms with Crippen molar-refractivity contribution in [3.8, 4) is 22.1 Å². The van der Waals surface area contributed by atoms with Crippen LogP contribution in [0.1, 0.15) is 35.1 Å². The summed E-state index contributed by atoms with van der Waals surface area (Å²) in [6, 6.07) is 20.9. The lowest BCUT2D eigenvalue weighted by atomic mass is 10.1. The highest BCUT2D eigenvalue weighted by atomic mass is 32.1. The summed E-state index contributed by atoms with van der Waals surface area (Å²) < 4.78 is 6.26. The van der Waals surface area contributed by atoms with E-state index < -0.39 is 0 Å². The summed E-state index contributed by atoms with van der Waals surface area (Å²) >= 11 is 1.56. The molecule has 0 aliphatic carbocycles. The van der Waals surface area contributed by atoms with Crippen molar-refractivity contribution in [3.63, 3.8) is 0 Å². The van der Waals surface area contributed by atoms with Crippen molar-refractivity contribution in [3.05, 3.63) is 83.5 Å². The fraction of sp³-hybridized carbons (Fsp3) is 0.160. The van der Waals surface area contributed by atoms with E-state index in [1.165, 1.54) is 0 Å². The monoisotopic (exact) mass is 444 g/mol. The zero-order valence-corrected chi connectivity index (χ0v) is 18.9. The topological polar surface area (TPSA) is 76.1 Å². The molecular weight excluding hydrogens is 420 g/mol. The normalized spacial score (nSPS) is 10.8. The highest BCUT2D eigenvalue weighted by molar-refractivity contribution is 7.14. The first kappa shape index (κ1) is 21.5. The molecule has 4 aromatic rings. The van der Waals surface area contributed by atoms with Gasteiger partial charge >= 0.3 is 0 Å². The Hall–Kier alpha value is -3.71. The lowest BCUT2D eigenvalue weighted by Crippen LogP contribution is -2.17. The number of benzene rings is 2. The third kappa shape index (κ3) is 4.95. The van der Waals surface area contributed by atoms with Gasteiger partial charge in [-0.05, 0) is 30.3 Å². The van der Waals surface area contributed by atoms with Gasteiger partial charge in [0.2, 0.25) is 5.06 Å². The molecule has 32 heavy (non-hydrogen) atoms. The van der Waals surface area contributed by atoms with Gasteiger partial charge in [0.1, 0.15) is 17.3 Å². The van der Waals surface area contributed by atoms with Crippen molar-refractivity contribution in [2.24, 2.45) is 0 Å². The van der Waals surface area contributed by atoms with Gasteiger partial charge in [-0.25, -0.2) is 9.97 Å². The Morgan fingerprint density at radius 2 is 1.78 bits per heavy atom. The quantitative estimate of drug-likeness (QED) is 0.354. The first-order valence-electron chi connectivity index (χ1n) is 10.3. The lowest BCUT2D eigenvalue weighted by molar-refractivity contribution is 0.0963. The highest BCUT2D eigenvalue weighted by Gasteiger charge is 2.17. The van der Waals surface area contributed by atoms with Crippen LogP contribution in [-0.4, -0.2) is 22.9 Å². The molecule has 0 aliphatic rings. The van der Waals surface area contributed by atoms with Crippen LogP contribution in [0, 0.1) is 0 Å². The Bertz CT molecular complexity index is 1200. The van der Waals surface area contributed by atoms with Gasteiger partial charge in [0.25, 0.3) is 5.91 Å². The van der Waals surface area contributed by atoms with Crippen LogP contribution in [0.4, 0.5) is 11.5 Å². The van der Waals surface area contributed by atoms with Gasteiger partial charge < -0.3 is 15.4 Å². The molecule has 2 aromatic heterocycles. The number of carbonyl (C=O) groups is 1. The number of nitrogens with one attached hydrogen (secondary N) is 2. The summed E-state index contributed by atoms with van der Waals surface area (Å²) in [5.74, 6) is 1.50. The average Bonchev–Trinajstić information content (AvgIpc) is 3.24. The van der Waals surface area contributed by atoms with E-state index in [4.69, 9.17) is 9.72 Å². The summed E-state index contributed by atoms with van der Waals surface area (Å²) in [6.45, 7) is 4.25. The van der Waals surface area contributed by atoms with Gasteiger partial charge in [-0.2, -0.15) is 0 Å². The number of nitrogens with zero attached hydrogens (tertiary/aromatic N) is 2. The largest absolute Gasteiger partial charge is 0.444 e. The first-order valence-corrected chi connectivity index (χ1v) is 11.1. The first-order chi connectivity index (χ1) is 15.5. The predicted octanol–water partition coefficient (Wildman–Crippen LogP) is 6.22. The van der Waals surface area contributed by atoms with Gasteiger partial charge in [0.05, 0.1) is 5.01 Å². The standard InChI is InChI=1S/C25H24N4O2S/c1-16(2)24-29-22(17-7-5-4-6-8-17)25(32-24)31-20-13-14-27-21(15-20)28-19-11-9-18(10-12-19)23(30)26-3/h4-16H,1-3H3,(H,26,30)(H,27,28). The van der Waals surface area contributed by atoms with Crippen molar-refractivity contribution in [1.29, 1.82) is 0 Å². The van der Waals surface area contributed by atoms with Crippen LogP contribution in [-0.2, 0) is 0 Å². The molecular formula is C25H24N4O2S. The SMILES string of the molecule is CNC(=O)c1ccc(Nc2cc(Oc3sc(C(C)C)nc3-c3ccccc3)ccn2)cc1. The van der Waals surface area contributed by atoms with Crippen molar-refractivity contribution in [2.45, 2.75) is 19.8 Å². The number of rotatable bonds is 7. The molecule has 0 bridgehead atoms. The number of hydrogen-bond acceptors (Lipinski definition) is 6. The van der Waals surface area contributed by atoms with Gasteiger partial charge in [-0.15, -0.1) is 0 Å². The second-order valence-corrected chi connectivity index (χ2v) is 8.46. The van der Waals surface area contributed by atoms with Crippen LogP contribution in [0.5, 0.6) is 10.8 Å². The molecule has 0 saturated heterocycles. The van der Waals surface area contributed by atoms with Crippen LogP contribution in [0.2, 0.25) is 0 Å². The van der Waals surface area contributed by atoms with E-state index in [1.54, 1.807) is 36.7 Å². The van der Waals surface area contributed by atoms with Crippen LogP contribution in [0.3, 0.4) is 0 Å². The molecule has 162 valence electrons. The minimum Gasteiger partial charge on any atom is -0.444 e. The maximum Gasteiger partial charge on any atom is 0.251 e. The van der Waals surface area contributed by atoms with Crippen LogP contribution < -0.4 is 15.4 Å². The Labute approximate surface area is 191 Å². The summed E-state index contributed by atoms with van der Waals surface area (Å²) in [7, 11) is 1.61. The van der Waals surface area contributed by atoms with Gasteiger partial charge in [-0.1, -0.05) is 55.5 Å². The van der Waals surface area contributed by atoms with E-state index >= 15 is 0 Å². The Morgan fingerprint density at radius 1 is 1.03 bits per heavy atom. The van der Waals surface area contributed by atoms with Gasteiger partial charge in [-0.3, -0.25) is 4.79 Å². The third-order valence-corrected chi connectivity index (χ3v) is 5.98. The molecule has 2 aromatic carbocycles. The van der Waals surface area contributed by atoms with E-state index in [-0.39, 0.29) is 5.91 Å². The minimum atomic E-state index is -0.121. The molecule has 0 spiro atoms. The summed E-state index contributed by atoms with van der Waals surface area (Å²) in [6.07, 6.45) is 1.70. The van der Waals surface area contributed by atoms with Crippen molar-refractivity contribution < 1.29 is 9.53 Å². The molecule has 4 rings (SSSR count). The summed E-state index contributed by atoms with van der Waals surface area (Å²) in [4.78, 5) is 20.9. The molecule has 6 nitrogen and oxygen atoms in total. The Kier molecular flexibility index (Phi) is 6.47. The Balaban J connectivity index is 1.56. The summed E-state index contributed by atoms with van der Waals surface area (Å²) in [5.41, 5.74) is 3.29.